The van der Waals surface area contributed by atoms with Crippen molar-refractivity contribution >= 4 is 39.5 Å². The number of aliphatic hydroxyl groups is 1. The van der Waals surface area contributed by atoms with Crippen molar-refractivity contribution in [2.75, 3.05) is 39.6 Å². The number of ether oxygens (including phenoxy) is 4. The van der Waals surface area contributed by atoms with Crippen molar-refractivity contribution in [1.29, 1.82) is 0 Å². The normalized spacial score (nSPS) is 14.2. The van der Waals surface area contributed by atoms with Crippen molar-refractivity contribution in [3.63, 3.8) is 0 Å². The summed E-state index contributed by atoms with van der Waals surface area (Å²) in [5.74, 6) is -0.486. The minimum Gasteiger partial charge on any atom is -0.462 e. The Hall–Kier alpha value is -1.94. The topological polar surface area (TPSA) is 237 Å². The fraction of sp³-hybridized carbons (Fsp3) is 0.951. The predicted molar refractivity (Wildman–Crippen MR) is 409 cm³/mol. The van der Waals surface area contributed by atoms with Crippen LogP contribution in [0.15, 0.2) is 0 Å². The monoisotopic (exact) mass is 1470 g/mol. The van der Waals surface area contributed by atoms with E-state index in [0.717, 1.165) is 115 Å². The molecule has 0 rings (SSSR count). The van der Waals surface area contributed by atoms with Gasteiger partial charge < -0.3 is 33.8 Å². The number of hydrogen-bond donors (Lipinski definition) is 3. The molecule has 19 heteroatoms. The van der Waals surface area contributed by atoms with Crippen molar-refractivity contribution in [2.45, 2.75) is 445 Å². The lowest BCUT2D eigenvalue weighted by molar-refractivity contribution is -0.161. The first kappa shape index (κ1) is 98.1. The summed E-state index contributed by atoms with van der Waals surface area (Å²) in [7, 11) is -9.91. The zero-order valence-electron chi connectivity index (χ0n) is 65.5. The molecule has 100 heavy (non-hydrogen) atoms. The molecule has 594 valence electrons. The van der Waals surface area contributed by atoms with E-state index in [9.17, 15) is 43.2 Å². The summed E-state index contributed by atoms with van der Waals surface area (Å²) >= 11 is 0. The first-order valence-corrected chi connectivity index (χ1v) is 45.0. The number of carbonyl (C=O) groups excluding carboxylic acids is 4. The van der Waals surface area contributed by atoms with E-state index in [4.69, 9.17) is 37.0 Å². The highest BCUT2D eigenvalue weighted by Gasteiger charge is 2.30. The largest absolute Gasteiger partial charge is 0.472 e. The zero-order chi connectivity index (χ0) is 73.5. The summed E-state index contributed by atoms with van der Waals surface area (Å²) in [4.78, 5) is 72.9. The summed E-state index contributed by atoms with van der Waals surface area (Å²) in [5.41, 5.74) is 0. The van der Waals surface area contributed by atoms with Gasteiger partial charge in [-0.15, -0.1) is 0 Å². The average Bonchev–Trinajstić information content (AvgIpc) is 0.929. The predicted octanol–water partition coefficient (Wildman–Crippen LogP) is 24.3. The van der Waals surface area contributed by atoms with E-state index in [1.54, 1.807) is 0 Å². The number of unbranched alkanes of at least 4 members (excludes halogenated alkanes) is 49. The Morgan fingerprint density at radius 3 is 0.760 bits per heavy atom. The quantitative estimate of drug-likeness (QED) is 0.0222. The van der Waals surface area contributed by atoms with Gasteiger partial charge in [-0.05, 0) is 37.5 Å². The molecule has 0 aliphatic carbocycles. The van der Waals surface area contributed by atoms with E-state index in [1.165, 1.54) is 231 Å². The first-order chi connectivity index (χ1) is 48.4. The van der Waals surface area contributed by atoms with E-state index in [1.807, 2.05) is 0 Å². The first-order valence-electron chi connectivity index (χ1n) is 42.0. The van der Waals surface area contributed by atoms with Gasteiger partial charge in [0.15, 0.2) is 12.2 Å². The van der Waals surface area contributed by atoms with Gasteiger partial charge in [0.2, 0.25) is 0 Å². The molecule has 0 saturated carbocycles. The van der Waals surface area contributed by atoms with Crippen LogP contribution in [0.1, 0.15) is 427 Å². The van der Waals surface area contributed by atoms with Crippen molar-refractivity contribution in [1.82, 2.24) is 0 Å². The molecule has 0 aromatic carbocycles. The maximum absolute atomic E-state index is 13.1. The van der Waals surface area contributed by atoms with Gasteiger partial charge in [0.1, 0.15) is 19.3 Å². The third kappa shape index (κ3) is 73.0. The summed E-state index contributed by atoms with van der Waals surface area (Å²) in [6, 6.07) is 0. The lowest BCUT2D eigenvalue weighted by Gasteiger charge is -2.21. The standard InChI is InChI=1S/C81H158O17P2/c1-7-10-12-14-16-17-18-19-20-21-22-23-24-25-30-36-41-47-53-59-65-81(86)98-77(70-92-79(84)64-58-52-46-40-35-29-27-26-28-34-39-45-50-56-62-74(6)9-3)72-96-100(89,90)94-68-75(82)67-93-99(87,88)95-71-76(69-91-78(83)63-57-51-43-15-13-11-8-2)97-80(85)66-60-54-48-42-37-32-31-33-38-44-49-55-61-73(4)5/h73-77,82H,7-72H2,1-6H3,(H,87,88)(H,89,90)/t74?,75-,76+,77+/m0/s1. The van der Waals surface area contributed by atoms with Gasteiger partial charge in [0, 0.05) is 25.7 Å². The zero-order valence-corrected chi connectivity index (χ0v) is 67.3. The van der Waals surface area contributed by atoms with Crippen LogP contribution in [-0.2, 0) is 65.4 Å². The lowest BCUT2D eigenvalue weighted by atomic mass is 9.99. The Labute approximate surface area is 613 Å². The van der Waals surface area contributed by atoms with E-state index in [-0.39, 0.29) is 25.7 Å². The van der Waals surface area contributed by atoms with E-state index < -0.39 is 97.5 Å². The van der Waals surface area contributed by atoms with Crippen LogP contribution in [0.4, 0.5) is 0 Å². The number of rotatable bonds is 80. The summed E-state index contributed by atoms with van der Waals surface area (Å²) < 4.78 is 68.6. The summed E-state index contributed by atoms with van der Waals surface area (Å²) in [6.07, 6.45) is 62.6. The molecule has 0 aromatic heterocycles. The molecular formula is C81H158O17P2. The van der Waals surface area contributed by atoms with Gasteiger partial charge in [-0.2, -0.15) is 0 Å². The van der Waals surface area contributed by atoms with Crippen LogP contribution in [0.5, 0.6) is 0 Å². The molecule has 0 saturated heterocycles. The molecule has 0 bridgehead atoms. The molecule has 0 amide bonds. The number of carbonyl (C=O) groups is 4. The minimum atomic E-state index is -4.96. The summed E-state index contributed by atoms with van der Waals surface area (Å²) in [6.45, 7) is 9.66. The van der Waals surface area contributed by atoms with Crippen LogP contribution >= 0.6 is 15.6 Å². The molecule has 3 N–H and O–H groups in total. The van der Waals surface area contributed by atoms with Gasteiger partial charge >= 0.3 is 39.5 Å². The van der Waals surface area contributed by atoms with Gasteiger partial charge in [0.25, 0.3) is 0 Å². The highest BCUT2D eigenvalue weighted by atomic mass is 31.2. The molecule has 0 aliphatic rings. The second-order valence-corrected chi connectivity index (χ2v) is 32.8. The SMILES string of the molecule is CCCCCCCCCCCCCCCCCCCCCCC(=O)O[C@H](COC(=O)CCCCCCCCCCCCCCCCC(C)CC)COP(=O)(O)OC[C@@H](O)COP(=O)(O)OC[C@@H](COC(=O)CCCCCCCCC)OC(=O)CCCCCCCCCCCCCCC(C)C. The van der Waals surface area contributed by atoms with Crippen LogP contribution < -0.4 is 0 Å². The van der Waals surface area contributed by atoms with E-state index in [0.29, 0.717) is 25.7 Å². The Bertz CT molecular complexity index is 1930. The van der Waals surface area contributed by atoms with Crippen molar-refractivity contribution in [3.8, 4) is 0 Å². The molecule has 0 aromatic rings. The molecule has 0 spiro atoms. The Balaban J connectivity index is 5.18. The number of esters is 4. The van der Waals surface area contributed by atoms with Crippen molar-refractivity contribution in [3.05, 3.63) is 0 Å². The highest BCUT2D eigenvalue weighted by Crippen LogP contribution is 2.45. The molecule has 0 fully saturated rings. The fourth-order valence-electron chi connectivity index (χ4n) is 12.5. The Morgan fingerprint density at radius 1 is 0.290 bits per heavy atom. The third-order valence-electron chi connectivity index (χ3n) is 19.3. The van der Waals surface area contributed by atoms with Gasteiger partial charge in [-0.3, -0.25) is 37.3 Å². The van der Waals surface area contributed by atoms with Crippen molar-refractivity contribution < 1.29 is 80.2 Å². The summed E-state index contributed by atoms with van der Waals surface area (Å²) in [5, 5.41) is 10.6. The van der Waals surface area contributed by atoms with Gasteiger partial charge in [0.05, 0.1) is 26.4 Å². The molecule has 0 radical (unpaired) electrons. The Kier molecular flexibility index (Phi) is 71.2. The van der Waals surface area contributed by atoms with Crippen LogP contribution in [0, 0.1) is 11.8 Å². The van der Waals surface area contributed by atoms with Gasteiger partial charge in [-0.25, -0.2) is 9.13 Å². The number of phosphoric ester groups is 2. The Morgan fingerprint density at radius 2 is 0.510 bits per heavy atom. The number of aliphatic hydroxyl groups excluding tert-OH is 1. The molecule has 0 heterocycles. The minimum absolute atomic E-state index is 0.107. The second-order valence-electron chi connectivity index (χ2n) is 29.9. The molecule has 3 unspecified atom stereocenters. The maximum Gasteiger partial charge on any atom is 0.472 e. The molecule has 0 aliphatic heterocycles. The van der Waals surface area contributed by atoms with Crippen LogP contribution in [0.25, 0.3) is 0 Å². The smallest absolute Gasteiger partial charge is 0.462 e. The molecule has 6 atom stereocenters. The average molecular weight is 1470 g/mol. The molecular weight excluding hydrogens is 1310 g/mol. The number of phosphoric acid groups is 2. The molecule has 17 nitrogen and oxygen atoms in total. The second kappa shape index (κ2) is 72.6. The number of hydrogen-bond acceptors (Lipinski definition) is 15. The van der Waals surface area contributed by atoms with Crippen LogP contribution in [-0.4, -0.2) is 96.7 Å². The highest BCUT2D eigenvalue weighted by molar-refractivity contribution is 7.47. The fourth-order valence-corrected chi connectivity index (χ4v) is 14.1. The van der Waals surface area contributed by atoms with Crippen LogP contribution in [0.2, 0.25) is 0 Å². The van der Waals surface area contributed by atoms with Gasteiger partial charge in [-0.1, -0.05) is 375 Å². The van der Waals surface area contributed by atoms with E-state index in [2.05, 4.69) is 41.5 Å². The van der Waals surface area contributed by atoms with E-state index >= 15 is 0 Å². The third-order valence-corrected chi connectivity index (χ3v) is 21.2. The van der Waals surface area contributed by atoms with Crippen LogP contribution in [0.3, 0.4) is 0 Å². The van der Waals surface area contributed by atoms with Crippen molar-refractivity contribution in [2.24, 2.45) is 11.8 Å². The lowest BCUT2D eigenvalue weighted by Crippen LogP contribution is -2.30. The maximum atomic E-state index is 13.1.